The number of rotatable bonds is 7. The van der Waals surface area contributed by atoms with Gasteiger partial charge in [0.1, 0.15) is 0 Å². The lowest BCUT2D eigenvalue weighted by molar-refractivity contribution is 0.0283. The zero-order chi connectivity index (χ0) is 15.8. The van der Waals surface area contributed by atoms with Crippen LogP contribution in [-0.4, -0.2) is 62.3 Å². The predicted octanol–water partition coefficient (Wildman–Crippen LogP) is 1.99. The molecule has 1 saturated heterocycles. The molecule has 1 saturated carbocycles. The van der Waals surface area contributed by atoms with Crippen LogP contribution in [0, 0.1) is 0 Å². The van der Waals surface area contributed by atoms with E-state index in [0.29, 0.717) is 0 Å². The van der Waals surface area contributed by atoms with Crippen molar-refractivity contribution >= 4 is 5.96 Å². The quantitative estimate of drug-likeness (QED) is 0.558. The van der Waals surface area contributed by atoms with Gasteiger partial charge in [-0.2, -0.15) is 0 Å². The monoisotopic (exact) mass is 310 g/mol. The molecule has 1 heterocycles. The van der Waals surface area contributed by atoms with Gasteiger partial charge in [-0.3, -0.25) is 4.99 Å². The number of nitrogens with zero attached hydrogens (tertiary/aromatic N) is 2. The van der Waals surface area contributed by atoms with Gasteiger partial charge >= 0.3 is 0 Å². The Labute approximate surface area is 135 Å². The van der Waals surface area contributed by atoms with Crippen LogP contribution in [0.3, 0.4) is 0 Å². The van der Waals surface area contributed by atoms with Crippen LogP contribution in [0.25, 0.3) is 0 Å². The van der Waals surface area contributed by atoms with Crippen molar-refractivity contribution in [1.82, 2.24) is 15.5 Å². The van der Waals surface area contributed by atoms with E-state index in [1.807, 2.05) is 0 Å². The normalized spacial score (nSPS) is 26.8. The summed E-state index contributed by atoms with van der Waals surface area (Å²) in [5, 5.41) is 6.79. The standard InChI is InChI=1S/C17H34N4O/c1-4-18-16(20-14-17(2)10-7-13-22-17)19-11-12-21(3)15-8-5-6-9-15/h15H,4-14H2,1-3H3,(H2,18,19,20). The second kappa shape index (κ2) is 8.73. The lowest BCUT2D eigenvalue weighted by atomic mass is 10.0. The predicted molar refractivity (Wildman–Crippen MR) is 92.5 cm³/mol. The molecule has 5 nitrogen and oxygen atoms in total. The van der Waals surface area contributed by atoms with Gasteiger partial charge in [-0.1, -0.05) is 12.8 Å². The Morgan fingerprint density at radius 3 is 2.68 bits per heavy atom. The molecule has 1 aliphatic carbocycles. The van der Waals surface area contributed by atoms with Crippen molar-refractivity contribution in [3.05, 3.63) is 0 Å². The number of ether oxygens (including phenoxy) is 1. The maximum atomic E-state index is 5.81. The van der Waals surface area contributed by atoms with Crippen LogP contribution in [0.2, 0.25) is 0 Å². The highest BCUT2D eigenvalue weighted by Crippen LogP contribution is 2.25. The van der Waals surface area contributed by atoms with Crippen molar-refractivity contribution in [3.8, 4) is 0 Å². The Morgan fingerprint density at radius 2 is 2.05 bits per heavy atom. The Morgan fingerprint density at radius 1 is 1.27 bits per heavy atom. The van der Waals surface area contributed by atoms with Gasteiger partial charge in [0.25, 0.3) is 0 Å². The summed E-state index contributed by atoms with van der Waals surface area (Å²) in [5.74, 6) is 0.916. The first-order chi connectivity index (χ1) is 10.6. The highest BCUT2D eigenvalue weighted by Gasteiger charge is 2.29. The second-order valence-electron chi connectivity index (χ2n) is 6.94. The number of hydrogen-bond donors (Lipinski definition) is 2. The Kier molecular flexibility index (Phi) is 6.96. The maximum Gasteiger partial charge on any atom is 0.191 e. The summed E-state index contributed by atoms with van der Waals surface area (Å²) >= 11 is 0. The SMILES string of the molecule is CCNC(=NCC1(C)CCCO1)NCCN(C)C1CCCC1. The Hall–Kier alpha value is -0.810. The van der Waals surface area contributed by atoms with Crippen LogP contribution in [0.4, 0.5) is 0 Å². The molecule has 128 valence electrons. The average molecular weight is 310 g/mol. The van der Waals surface area contributed by atoms with Crippen LogP contribution in [0.5, 0.6) is 0 Å². The van der Waals surface area contributed by atoms with Crippen molar-refractivity contribution in [2.45, 2.75) is 64.0 Å². The summed E-state index contributed by atoms with van der Waals surface area (Å²) in [5.41, 5.74) is -0.0665. The molecule has 0 aromatic rings. The van der Waals surface area contributed by atoms with Crippen molar-refractivity contribution in [2.75, 3.05) is 39.8 Å². The third kappa shape index (κ3) is 5.43. The average Bonchev–Trinajstić information content (AvgIpc) is 3.16. The minimum absolute atomic E-state index is 0.0665. The first-order valence-corrected chi connectivity index (χ1v) is 8.99. The molecule has 22 heavy (non-hydrogen) atoms. The van der Waals surface area contributed by atoms with Crippen molar-refractivity contribution in [1.29, 1.82) is 0 Å². The van der Waals surface area contributed by atoms with E-state index in [1.165, 1.54) is 25.7 Å². The summed E-state index contributed by atoms with van der Waals surface area (Å²) < 4.78 is 5.81. The fourth-order valence-corrected chi connectivity index (χ4v) is 3.43. The van der Waals surface area contributed by atoms with E-state index in [0.717, 1.165) is 57.6 Å². The third-order valence-corrected chi connectivity index (χ3v) is 4.92. The summed E-state index contributed by atoms with van der Waals surface area (Å²) in [6.45, 7) is 8.79. The molecule has 5 heteroatoms. The smallest absolute Gasteiger partial charge is 0.191 e. The van der Waals surface area contributed by atoms with Gasteiger partial charge in [-0.25, -0.2) is 0 Å². The first kappa shape index (κ1) is 17.5. The largest absolute Gasteiger partial charge is 0.373 e. The van der Waals surface area contributed by atoms with Crippen molar-refractivity contribution < 1.29 is 4.74 Å². The molecule has 0 aromatic heterocycles. The van der Waals surface area contributed by atoms with E-state index in [-0.39, 0.29) is 5.60 Å². The molecule has 1 atom stereocenters. The molecule has 2 rings (SSSR count). The zero-order valence-electron chi connectivity index (χ0n) is 14.7. The molecule has 1 unspecified atom stereocenters. The second-order valence-corrected chi connectivity index (χ2v) is 6.94. The molecule has 2 N–H and O–H groups in total. The van der Waals surface area contributed by atoms with Gasteiger partial charge in [0, 0.05) is 32.3 Å². The van der Waals surface area contributed by atoms with Gasteiger partial charge in [-0.05, 0) is 46.6 Å². The van der Waals surface area contributed by atoms with Crippen LogP contribution in [0.15, 0.2) is 4.99 Å². The molecule has 2 fully saturated rings. The minimum atomic E-state index is -0.0665. The Balaban J connectivity index is 1.73. The number of likely N-dealkylation sites (N-methyl/N-ethyl adjacent to an activating group) is 1. The number of nitrogens with one attached hydrogen (secondary N) is 2. The van der Waals surface area contributed by atoms with E-state index < -0.39 is 0 Å². The van der Waals surface area contributed by atoms with Crippen LogP contribution in [0.1, 0.15) is 52.4 Å². The van der Waals surface area contributed by atoms with Crippen molar-refractivity contribution in [2.24, 2.45) is 4.99 Å². The molecule has 1 aliphatic heterocycles. The van der Waals surface area contributed by atoms with Gasteiger partial charge in [0.15, 0.2) is 5.96 Å². The lowest BCUT2D eigenvalue weighted by Gasteiger charge is -2.25. The summed E-state index contributed by atoms with van der Waals surface area (Å²) in [7, 11) is 2.25. The fourth-order valence-electron chi connectivity index (χ4n) is 3.43. The van der Waals surface area contributed by atoms with Crippen LogP contribution >= 0.6 is 0 Å². The summed E-state index contributed by atoms with van der Waals surface area (Å²) in [6, 6.07) is 0.784. The van der Waals surface area contributed by atoms with Crippen LogP contribution in [-0.2, 0) is 4.74 Å². The van der Waals surface area contributed by atoms with Crippen LogP contribution < -0.4 is 10.6 Å². The van der Waals surface area contributed by atoms with E-state index in [9.17, 15) is 0 Å². The molecule has 0 radical (unpaired) electrons. The molecule has 2 aliphatic rings. The van der Waals surface area contributed by atoms with E-state index >= 15 is 0 Å². The van der Waals surface area contributed by atoms with E-state index in [4.69, 9.17) is 9.73 Å². The fraction of sp³-hybridized carbons (Fsp3) is 0.941. The highest BCUT2D eigenvalue weighted by molar-refractivity contribution is 5.79. The van der Waals surface area contributed by atoms with E-state index in [1.54, 1.807) is 0 Å². The molecular formula is C17H34N4O. The maximum absolute atomic E-state index is 5.81. The molecule has 0 bridgehead atoms. The first-order valence-electron chi connectivity index (χ1n) is 8.99. The number of guanidine groups is 1. The third-order valence-electron chi connectivity index (χ3n) is 4.92. The molecular weight excluding hydrogens is 276 g/mol. The van der Waals surface area contributed by atoms with Crippen molar-refractivity contribution in [3.63, 3.8) is 0 Å². The summed E-state index contributed by atoms with van der Waals surface area (Å²) in [4.78, 5) is 7.20. The highest BCUT2D eigenvalue weighted by atomic mass is 16.5. The van der Waals surface area contributed by atoms with Gasteiger partial charge < -0.3 is 20.3 Å². The Bertz CT molecular complexity index is 347. The minimum Gasteiger partial charge on any atom is -0.373 e. The molecule has 0 aromatic carbocycles. The zero-order valence-corrected chi connectivity index (χ0v) is 14.7. The summed E-state index contributed by atoms with van der Waals surface area (Å²) in [6.07, 6.45) is 7.78. The van der Waals surface area contributed by atoms with E-state index in [2.05, 4.69) is 36.4 Å². The lowest BCUT2D eigenvalue weighted by Crippen LogP contribution is -2.43. The molecule has 0 spiro atoms. The van der Waals surface area contributed by atoms with Gasteiger partial charge in [0.2, 0.25) is 0 Å². The molecule has 0 amide bonds. The van der Waals surface area contributed by atoms with Gasteiger partial charge in [0.05, 0.1) is 12.1 Å². The number of hydrogen-bond acceptors (Lipinski definition) is 3. The number of aliphatic imine (C=N–C) groups is 1. The topological polar surface area (TPSA) is 48.9 Å². The van der Waals surface area contributed by atoms with Gasteiger partial charge in [-0.15, -0.1) is 0 Å².